The van der Waals surface area contributed by atoms with Gasteiger partial charge in [-0.3, -0.25) is 0 Å². The van der Waals surface area contributed by atoms with Crippen molar-refractivity contribution in [3.05, 3.63) is 24.5 Å². The summed E-state index contributed by atoms with van der Waals surface area (Å²) >= 11 is 0. The predicted molar refractivity (Wildman–Crippen MR) is 89.5 cm³/mol. The quantitative estimate of drug-likeness (QED) is 0.816. The fourth-order valence-corrected chi connectivity index (χ4v) is 2.18. The van der Waals surface area contributed by atoms with Gasteiger partial charge in [0.2, 0.25) is 5.95 Å². The van der Waals surface area contributed by atoms with Gasteiger partial charge in [0.1, 0.15) is 0 Å². The van der Waals surface area contributed by atoms with Crippen LogP contribution in [0.2, 0.25) is 0 Å². The second-order valence-electron chi connectivity index (χ2n) is 5.05. The van der Waals surface area contributed by atoms with Crippen LogP contribution in [-0.2, 0) is 4.52 Å². The van der Waals surface area contributed by atoms with Crippen LogP contribution >= 0.6 is 9.03 Å². The molecule has 5 nitrogen and oxygen atoms in total. The van der Waals surface area contributed by atoms with Crippen molar-refractivity contribution >= 4 is 21.1 Å². The zero-order chi connectivity index (χ0) is 15.7. The molecule has 1 heterocycles. The average molecular weight is 311 g/mol. The van der Waals surface area contributed by atoms with E-state index in [1.54, 1.807) is 12.3 Å². The highest BCUT2D eigenvalue weighted by molar-refractivity contribution is 7.25. The molecule has 0 amide bonds. The molecule has 0 aromatic carbocycles. The molecule has 1 atom stereocenters. The Bertz CT molecular complexity index is 423. The SMILES string of the molecule is C=Cc1ccnc(N(C)C2CC(OPO)C2)n1.CCCC. The smallest absolute Gasteiger partial charge is 0.225 e. The summed E-state index contributed by atoms with van der Waals surface area (Å²) in [7, 11) is 1.56. The van der Waals surface area contributed by atoms with Crippen molar-refractivity contribution in [2.24, 2.45) is 0 Å². The second kappa shape index (κ2) is 9.82. The highest BCUT2D eigenvalue weighted by Gasteiger charge is 2.33. The topological polar surface area (TPSA) is 58.5 Å². The van der Waals surface area contributed by atoms with E-state index in [9.17, 15) is 0 Å². The molecule has 21 heavy (non-hydrogen) atoms. The molecule has 0 saturated heterocycles. The third-order valence-electron chi connectivity index (χ3n) is 3.53. The summed E-state index contributed by atoms with van der Waals surface area (Å²) in [6.07, 6.45) is 8.07. The molecule has 1 unspecified atom stereocenters. The summed E-state index contributed by atoms with van der Waals surface area (Å²) in [5.41, 5.74) is 0.825. The monoisotopic (exact) mass is 311 g/mol. The summed E-state index contributed by atoms with van der Waals surface area (Å²) in [6.45, 7) is 8.05. The van der Waals surface area contributed by atoms with Crippen LogP contribution in [0.15, 0.2) is 18.8 Å². The molecule has 1 fully saturated rings. The lowest BCUT2D eigenvalue weighted by Gasteiger charge is -2.40. The maximum absolute atomic E-state index is 8.67. The molecule has 1 aliphatic carbocycles. The first kappa shape index (κ1) is 18.0. The molecule has 2 rings (SSSR count). The van der Waals surface area contributed by atoms with Crippen molar-refractivity contribution in [1.29, 1.82) is 0 Å². The first-order valence-electron chi connectivity index (χ1n) is 7.39. The van der Waals surface area contributed by atoms with E-state index >= 15 is 0 Å². The van der Waals surface area contributed by atoms with E-state index in [2.05, 4.69) is 30.4 Å². The normalized spacial score (nSPS) is 20.6. The molecular formula is C15H26N3O2P. The van der Waals surface area contributed by atoms with E-state index in [0.717, 1.165) is 18.5 Å². The molecule has 1 aromatic rings. The third kappa shape index (κ3) is 5.70. The fourth-order valence-electron chi connectivity index (χ4n) is 1.83. The van der Waals surface area contributed by atoms with Gasteiger partial charge in [0, 0.05) is 19.3 Å². The Balaban J connectivity index is 0.000000491. The van der Waals surface area contributed by atoms with Crippen LogP contribution in [0.1, 0.15) is 45.2 Å². The second-order valence-corrected chi connectivity index (χ2v) is 5.47. The molecule has 1 aliphatic rings. The lowest BCUT2D eigenvalue weighted by molar-refractivity contribution is 0.106. The minimum atomic E-state index is -0.419. The molecule has 1 N–H and O–H groups in total. The van der Waals surface area contributed by atoms with Crippen molar-refractivity contribution in [1.82, 2.24) is 9.97 Å². The maximum atomic E-state index is 8.67. The van der Waals surface area contributed by atoms with Crippen LogP contribution in [0, 0.1) is 0 Å². The molecule has 1 saturated carbocycles. The van der Waals surface area contributed by atoms with E-state index in [1.807, 2.05) is 18.0 Å². The number of anilines is 1. The van der Waals surface area contributed by atoms with Gasteiger partial charge in [0.15, 0.2) is 9.03 Å². The molecule has 0 radical (unpaired) electrons. The summed E-state index contributed by atoms with van der Waals surface area (Å²) in [6, 6.07) is 2.21. The largest absolute Gasteiger partial charge is 0.352 e. The zero-order valence-corrected chi connectivity index (χ0v) is 14.1. The van der Waals surface area contributed by atoms with Crippen LogP contribution in [0.25, 0.3) is 6.08 Å². The Labute approximate surface area is 129 Å². The van der Waals surface area contributed by atoms with Crippen LogP contribution < -0.4 is 4.90 Å². The highest BCUT2D eigenvalue weighted by Crippen LogP contribution is 2.32. The first-order chi connectivity index (χ1) is 10.2. The Kier molecular flexibility index (Phi) is 8.43. The number of hydrogen-bond acceptors (Lipinski definition) is 5. The highest BCUT2D eigenvalue weighted by atomic mass is 31.1. The van der Waals surface area contributed by atoms with Gasteiger partial charge in [-0.1, -0.05) is 33.3 Å². The van der Waals surface area contributed by atoms with Gasteiger partial charge in [0.25, 0.3) is 0 Å². The lowest BCUT2D eigenvalue weighted by atomic mass is 9.88. The number of rotatable bonds is 6. The predicted octanol–water partition coefficient (Wildman–Crippen LogP) is 3.41. The molecule has 6 heteroatoms. The zero-order valence-electron chi connectivity index (χ0n) is 13.1. The average Bonchev–Trinajstić information content (AvgIpc) is 2.50. The number of nitrogens with zero attached hydrogens (tertiary/aromatic N) is 3. The van der Waals surface area contributed by atoms with Gasteiger partial charge in [-0.25, -0.2) is 9.97 Å². The van der Waals surface area contributed by atoms with Gasteiger partial charge < -0.3 is 14.3 Å². The van der Waals surface area contributed by atoms with Gasteiger partial charge in [0.05, 0.1) is 11.8 Å². The van der Waals surface area contributed by atoms with Crippen LogP contribution in [0.4, 0.5) is 5.95 Å². The Hall–Kier alpha value is -1.03. The molecule has 0 aliphatic heterocycles. The molecular weight excluding hydrogens is 285 g/mol. The molecule has 118 valence electrons. The summed E-state index contributed by atoms with van der Waals surface area (Å²) in [4.78, 5) is 19.3. The summed E-state index contributed by atoms with van der Waals surface area (Å²) in [5.74, 6) is 0.706. The van der Waals surface area contributed by atoms with Crippen molar-refractivity contribution in [2.45, 2.75) is 51.7 Å². The number of unbranched alkanes of at least 4 members (excludes halogenated alkanes) is 1. The van der Waals surface area contributed by atoms with Crippen LogP contribution in [0.5, 0.6) is 0 Å². The van der Waals surface area contributed by atoms with E-state index in [0.29, 0.717) is 12.0 Å². The minimum absolute atomic E-state index is 0.174. The third-order valence-corrected chi connectivity index (χ3v) is 3.96. The standard InChI is InChI=1S/C11H16N3O2P.C4H10/c1-3-8-4-5-12-11(13-8)14(2)9-6-10(7-9)16-17-15;1-3-4-2/h3-5,9-10,15,17H,1,6-7H2,2H3;3-4H2,1-2H3. The molecule has 0 bridgehead atoms. The summed E-state index contributed by atoms with van der Waals surface area (Å²) < 4.78 is 5.14. The van der Waals surface area contributed by atoms with Gasteiger partial charge in [-0.05, 0) is 25.0 Å². The van der Waals surface area contributed by atoms with Crippen LogP contribution in [-0.4, -0.2) is 34.1 Å². The van der Waals surface area contributed by atoms with E-state index in [1.165, 1.54) is 12.8 Å². The van der Waals surface area contributed by atoms with Gasteiger partial charge >= 0.3 is 0 Å². The first-order valence-corrected chi connectivity index (χ1v) is 8.24. The fraction of sp³-hybridized carbons (Fsp3) is 0.600. The number of hydrogen-bond donors (Lipinski definition) is 1. The van der Waals surface area contributed by atoms with E-state index in [4.69, 9.17) is 9.42 Å². The van der Waals surface area contributed by atoms with E-state index in [-0.39, 0.29) is 6.10 Å². The van der Waals surface area contributed by atoms with Crippen molar-refractivity contribution in [3.63, 3.8) is 0 Å². The lowest BCUT2D eigenvalue weighted by Crippen LogP contribution is -2.46. The Morgan fingerprint density at radius 3 is 2.67 bits per heavy atom. The summed E-state index contributed by atoms with van der Waals surface area (Å²) in [5, 5.41) is 0. The Morgan fingerprint density at radius 2 is 2.14 bits per heavy atom. The maximum Gasteiger partial charge on any atom is 0.225 e. The van der Waals surface area contributed by atoms with Crippen molar-refractivity contribution in [2.75, 3.05) is 11.9 Å². The van der Waals surface area contributed by atoms with Crippen LogP contribution in [0.3, 0.4) is 0 Å². The van der Waals surface area contributed by atoms with E-state index < -0.39 is 9.03 Å². The van der Waals surface area contributed by atoms with Gasteiger partial charge in [-0.15, -0.1) is 0 Å². The number of aromatic nitrogens is 2. The van der Waals surface area contributed by atoms with Crippen molar-refractivity contribution in [3.8, 4) is 0 Å². The molecule has 1 aromatic heterocycles. The Morgan fingerprint density at radius 1 is 1.48 bits per heavy atom. The minimum Gasteiger partial charge on any atom is -0.352 e. The van der Waals surface area contributed by atoms with Crippen molar-refractivity contribution < 1.29 is 9.42 Å². The molecule has 0 spiro atoms. The van der Waals surface area contributed by atoms with Gasteiger partial charge in [-0.2, -0.15) is 0 Å².